The lowest BCUT2D eigenvalue weighted by molar-refractivity contribution is 0.669. The second-order valence-corrected chi connectivity index (χ2v) is 15.6. The van der Waals surface area contributed by atoms with E-state index in [0.29, 0.717) is 17.5 Å². The van der Waals surface area contributed by atoms with Gasteiger partial charge in [0.1, 0.15) is 5.58 Å². The first-order valence-corrected chi connectivity index (χ1v) is 20.8. The van der Waals surface area contributed by atoms with E-state index in [2.05, 4.69) is 181 Å². The van der Waals surface area contributed by atoms with Crippen LogP contribution in [0.15, 0.2) is 223 Å². The van der Waals surface area contributed by atoms with Gasteiger partial charge in [-0.05, 0) is 80.5 Å². The van der Waals surface area contributed by atoms with Gasteiger partial charge in [0.05, 0.1) is 5.69 Å². The van der Waals surface area contributed by atoms with Gasteiger partial charge in [0, 0.05) is 44.2 Å². The zero-order chi connectivity index (χ0) is 41.0. The largest absolute Gasteiger partial charge is 0.454 e. The molecule has 62 heavy (non-hydrogen) atoms. The van der Waals surface area contributed by atoms with Gasteiger partial charge in [-0.1, -0.05) is 176 Å². The second kappa shape index (κ2) is 14.7. The quantitative estimate of drug-likeness (QED) is 0.161. The molecule has 5 nitrogen and oxygen atoms in total. The Labute approximate surface area is 357 Å². The standard InChI is InChI=1S/C57H36N4O/c1-3-14-37(15-4-1)40-28-31-46(32-29-40)61(47-33-30-39-17-8-10-21-43(39)35-47)53-48-23-12-11-22-44(48)36-50-52-49(24-13-25-51(52)62-54(50)53)57-59-55(41-18-5-2-6-19-41)58-56(60-57)45-27-26-38-16-7-9-20-42(38)34-45/h1-36H. The first kappa shape index (κ1) is 35.5. The van der Waals surface area contributed by atoms with Crippen LogP contribution in [0.2, 0.25) is 0 Å². The van der Waals surface area contributed by atoms with Gasteiger partial charge in [0.15, 0.2) is 23.1 Å². The Morgan fingerprint density at radius 2 is 0.887 bits per heavy atom. The van der Waals surface area contributed by atoms with Crippen LogP contribution in [0.4, 0.5) is 17.1 Å². The first-order chi connectivity index (χ1) is 30.7. The number of hydrogen-bond acceptors (Lipinski definition) is 5. The van der Waals surface area contributed by atoms with Crippen molar-refractivity contribution in [2.75, 3.05) is 4.90 Å². The number of hydrogen-bond donors (Lipinski definition) is 0. The Bertz CT molecular complexity index is 3640. The Morgan fingerprint density at radius 1 is 0.339 bits per heavy atom. The minimum Gasteiger partial charge on any atom is -0.454 e. The molecular weight excluding hydrogens is 757 g/mol. The predicted octanol–water partition coefficient (Wildman–Crippen LogP) is 15.4. The highest BCUT2D eigenvalue weighted by molar-refractivity contribution is 6.22. The summed E-state index contributed by atoms with van der Waals surface area (Å²) in [6.45, 7) is 0. The van der Waals surface area contributed by atoms with Gasteiger partial charge in [-0.15, -0.1) is 0 Å². The summed E-state index contributed by atoms with van der Waals surface area (Å²) >= 11 is 0. The lowest BCUT2D eigenvalue weighted by Gasteiger charge is -2.27. The summed E-state index contributed by atoms with van der Waals surface area (Å²) in [6.07, 6.45) is 0. The maximum atomic E-state index is 7.12. The fraction of sp³-hybridized carbons (Fsp3) is 0. The lowest BCUT2D eigenvalue weighted by atomic mass is 9.99. The fourth-order valence-corrected chi connectivity index (χ4v) is 8.84. The molecule has 2 aromatic heterocycles. The van der Waals surface area contributed by atoms with Crippen LogP contribution in [0.3, 0.4) is 0 Å². The van der Waals surface area contributed by atoms with Crippen molar-refractivity contribution in [2.24, 2.45) is 0 Å². The third-order valence-electron chi connectivity index (χ3n) is 11.8. The number of furan rings is 1. The Hall–Kier alpha value is -8.41. The topological polar surface area (TPSA) is 55.1 Å². The molecule has 0 fully saturated rings. The van der Waals surface area contributed by atoms with E-state index in [0.717, 1.165) is 88.2 Å². The van der Waals surface area contributed by atoms with Crippen LogP contribution in [-0.4, -0.2) is 15.0 Å². The predicted molar refractivity (Wildman–Crippen MR) is 256 cm³/mol. The molecule has 0 amide bonds. The Balaban J connectivity index is 1.12. The zero-order valence-electron chi connectivity index (χ0n) is 33.5. The molecule has 290 valence electrons. The van der Waals surface area contributed by atoms with Crippen molar-refractivity contribution < 1.29 is 4.42 Å². The van der Waals surface area contributed by atoms with Crippen molar-refractivity contribution in [1.82, 2.24) is 15.0 Å². The van der Waals surface area contributed by atoms with E-state index < -0.39 is 0 Å². The highest BCUT2D eigenvalue weighted by Crippen LogP contribution is 2.48. The van der Waals surface area contributed by atoms with Crippen LogP contribution in [0.25, 0.3) is 99.5 Å². The molecule has 0 unspecified atom stereocenters. The van der Waals surface area contributed by atoms with Crippen LogP contribution < -0.4 is 4.90 Å². The van der Waals surface area contributed by atoms with Gasteiger partial charge in [0.2, 0.25) is 0 Å². The van der Waals surface area contributed by atoms with Crippen LogP contribution in [-0.2, 0) is 0 Å². The average Bonchev–Trinajstić information content (AvgIpc) is 3.73. The van der Waals surface area contributed by atoms with Gasteiger partial charge in [-0.3, -0.25) is 0 Å². The van der Waals surface area contributed by atoms with Crippen molar-refractivity contribution in [1.29, 1.82) is 0 Å². The van der Waals surface area contributed by atoms with Crippen LogP contribution >= 0.6 is 0 Å². The van der Waals surface area contributed by atoms with Gasteiger partial charge < -0.3 is 9.32 Å². The SMILES string of the molecule is c1ccc(-c2ccc(N(c3ccc4ccccc4c3)c3c4ccccc4cc4c3oc3cccc(-c5nc(-c6ccccc6)nc(-c6ccc7ccccc7c6)n5)c34)cc2)cc1. The summed E-state index contributed by atoms with van der Waals surface area (Å²) in [6, 6.07) is 76.4. The second-order valence-electron chi connectivity index (χ2n) is 15.6. The maximum Gasteiger partial charge on any atom is 0.164 e. The normalized spacial score (nSPS) is 11.5. The van der Waals surface area contributed by atoms with Crippen LogP contribution in [0, 0.1) is 0 Å². The van der Waals surface area contributed by atoms with E-state index in [1.807, 2.05) is 42.5 Å². The van der Waals surface area contributed by atoms with Crippen LogP contribution in [0.1, 0.15) is 0 Å². The molecule has 0 aliphatic rings. The third-order valence-corrected chi connectivity index (χ3v) is 11.8. The van der Waals surface area contributed by atoms with Crippen molar-refractivity contribution in [3.63, 3.8) is 0 Å². The highest BCUT2D eigenvalue weighted by Gasteiger charge is 2.25. The van der Waals surface area contributed by atoms with Crippen molar-refractivity contribution in [2.45, 2.75) is 0 Å². The molecule has 0 aliphatic heterocycles. The number of rotatable bonds is 7. The molecule has 2 heterocycles. The van der Waals surface area contributed by atoms with E-state index in [1.165, 1.54) is 10.9 Å². The maximum absolute atomic E-state index is 7.12. The zero-order valence-corrected chi connectivity index (χ0v) is 33.5. The van der Waals surface area contributed by atoms with E-state index in [9.17, 15) is 0 Å². The van der Waals surface area contributed by atoms with E-state index in [1.54, 1.807) is 0 Å². The molecule has 12 aromatic rings. The minimum atomic E-state index is 0.577. The smallest absolute Gasteiger partial charge is 0.164 e. The number of anilines is 3. The summed E-state index contributed by atoms with van der Waals surface area (Å²) in [5.74, 6) is 1.79. The summed E-state index contributed by atoms with van der Waals surface area (Å²) in [7, 11) is 0. The van der Waals surface area contributed by atoms with Gasteiger partial charge in [0.25, 0.3) is 0 Å². The number of aromatic nitrogens is 3. The third kappa shape index (κ3) is 6.14. The van der Waals surface area contributed by atoms with E-state index in [4.69, 9.17) is 19.4 Å². The molecular formula is C57H36N4O. The fourth-order valence-electron chi connectivity index (χ4n) is 8.84. The van der Waals surface area contributed by atoms with Crippen LogP contribution in [0.5, 0.6) is 0 Å². The summed E-state index contributed by atoms with van der Waals surface area (Å²) < 4.78 is 7.12. The van der Waals surface area contributed by atoms with Gasteiger partial charge in [-0.25, -0.2) is 15.0 Å². The van der Waals surface area contributed by atoms with E-state index >= 15 is 0 Å². The molecule has 0 bridgehead atoms. The Kier molecular flexibility index (Phi) is 8.42. The number of fused-ring (bicyclic) bond motifs is 6. The average molecular weight is 793 g/mol. The first-order valence-electron chi connectivity index (χ1n) is 20.8. The summed E-state index contributed by atoms with van der Waals surface area (Å²) in [4.78, 5) is 17.9. The summed E-state index contributed by atoms with van der Waals surface area (Å²) in [5.41, 5.74) is 9.56. The minimum absolute atomic E-state index is 0.577. The highest BCUT2D eigenvalue weighted by atomic mass is 16.3. The lowest BCUT2D eigenvalue weighted by Crippen LogP contribution is -2.11. The molecule has 5 heteroatoms. The summed E-state index contributed by atoms with van der Waals surface area (Å²) in [5, 5.41) is 8.72. The molecule has 0 saturated heterocycles. The van der Waals surface area contributed by atoms with E-state index in [-0.39, 0.29) is 0 Å². The van der Waals surface area contributed by atoms with Gasteiger partial charge in [-0.2, -0.15) is 0 Å². The molecule has 0 radical (unpaired) electrons. The number of nitrogens with zero attached hydrogens (tertiary/aromatic N) is 4. The molecule has 0 aliphatic carbocycles. The molecule has 12 rings (SSSR count). The van der Waals surface area contributed by atoms with Crippen molar-refractivity contribution in [3.05, 3.63) is 218 Å². The molecule has 0 spiro atoms. The molecule has 0 atom stereocenters. The Morgan fingerprint density at radius 3 is 1.63 bits per heavy atom. The monoisotopic (exact) mass is 792 g/mol. The van der Waals surface area contributed by atoms with Gasteiger partial charge >= 0.3 is 0 Å². The molecule has 0 saturated carbocycles. The van der Waals surface area contributed by atoms with Crippen molar-refractivity contribution in [3.8, 4) is 45.3 Å². The number of benzene rings is 10. The molecule has 0 N–H and O–H groups in total. The molecule has 10 aromatic carbocycles. The van der Waals surface area contributed by atoms with Crippen molar-refractivity contribution >= 4 is 71.3 Å².